The number of nitrogens with one attached hydrogen (secondary N) is 1. The molecule has 1 N–H and O–H groups in total. The minimum Gasteiger partial charge on any atom is -0.340 e. The Hall–Kier alpha value is -1.58. The molecule has 0 aliphatic heterocycles. The van der Waals surface area contributed by atoms with Crippen molar-refractivity contribution < 1.29 is 0 Å². The van der Waals surface area contributed by atoms with E-state index >= 15 is 0 Å². The molecule has 0 spiro atoms. The van der Waals surface area contributed by atoms with E-state index in [0.29, 0.717) is 5.88 Å². The van der Waals surface area contributed by atoms with E-state index in [9.17, 15) is 0 Å². The minimum absolute atomic E-state index is 0.504. The van der Waals surface area contributed by atoms with Gasteiger partial charge in [0.15, 0.2) is 0 Å². The average molecular weight is 348 g/mol. The summed E-state index contributed by atoms with van der Waals surface area (Å²) < 4.78 is 1.06. The second-order valence-corrected chi connectivity index (χ2v) is 5.58. The number of nitrogens with zero attached hydrogens (tertiary/aromatic N) is 1. The molecule has 3 aromatic rings. The van der Waals surface area contributed by atoms with Crippen LogP contribution in [0.4, 0.5) is 11.5 Å². The second kappa shape index (κ2) is 5.81. The molecule has 100 valence electrons. The zero-order valence-corrected chi connectivity index (χ0v) is 12.9. The van der Waals surface area contributed by atoms with Crippen LogP contribution >= 0.6 is 27.5 Å². The molecule has 1 heterocycles. The van der Waals surface area contributed by atoms with Crippen LogP contribution in [-0.4, -0.2) is 4.98 Å². The van der Waals surface area contributed by atoms with Crippen LogP contribution in [0.5, 0.6) is 0 Å². The van der Waals surface area contributed by atoms with Gasteiger partial charge in [0, 0.05) is 33.0 Å². The maximum absolute atomic E-state index is 5.87. The maximum atomic E-state index is 5.87. The van der Waals surface area contributed by atoms with Gasteiger partial charge in [-0.2, -0.15) is 0 Å². The van der Waals surface area contributed by atoms with Crippen molar-refractivity contribution in [2.75, 3.05) is 5.32 Å². The van der Waals surface area contributed by atoms with Crippen molar-refractivity contribution in [2.24, 2.45) is 0 Å². The first-order valence-electron chi connectivity index (χ1n) is 6.23. The van der Waals surface area contributed by atoms with Crippen molar-refractivity contribution in [3.63, 3.8) is 0 Å². The van der Waals surface area contributed by atoms with Gasteiger partial charge < -0.3 is 5.32 Å². The summed E-state index contributed by atoms with van der Waals surface area (Å²) in [4.78, 5) is 4.43. The van der Waals surface area contributed by atoms with Gasteiger partial charge in [0.2, 0.25) is 0 Å². The van der Waals surface area contributed by atoms with Crippen molar-refractivity contribution in [3.8, 4) is 0 Å². The zero-order valence-electron chi connectivity index (χ0n) is 10.6. The number of rotatable bonds is 3. The van der Waals surface area contributed by atoms with Crippen LogP contribution in [0.25, 0.3) is 10.8 Å². The summed E-state index contributed by atoms with van der Waals surface area (Å²) in [5.74, 6) is 1.35. The van der Waals surface area contributed by atoms with E-state index in [1.54, 1.807) is 6.20 Å². The highest BCUT2D eigenvalue weighted by atomic mass is 79.9. The van der Waals surface area contributed by atoms with Crippen LogP contribution in [0, 0.1) is 0 Å². The van der Waals surface area contributed by atoms with E-state index in [2.05, 4.69) is 32.3 Å². The predicted molar refractivity (Wildman–Crippen MR) is 88.7 cm³/mol. The Kier molecular flexibility index (Phi) is 3.90. The zero-order chi connectivity index (χ0) is 13.9. The molecule has 3 rings (SSSR count). The Labute approximate surface area is 130 Å². The summed E-state index contributed by atoms with van der Waals surface area (Å²) in [7, 11) is 0. The number of pyridine rings is 1. The number of alkyl halides is 1. The van der Waals surface area contributed by atoms with Crippen molar-refractivity contribution >= 4 is 49.8 Å². The van der Waals surface area contributed by atoms with Crippen molar-refractivity contribution in [1.82, 2.24) is 4.98 Å². The molecule has 0 fully saturated rings. The number of anilines is 2. The second-order valence-electron chi connectivity index (χ2n) is 4.45. The molecule has 0 unspecified atom stereocenters. The van der Waals surface area contributed by atoms with Crippen LogP contribution in [0.2, 0.25) is 0 Å². The first kappa shape index (κ1) is 13.4. The standard InChI is InChI=1S/C16H12BrClN2/c17-15-6-2-5-14-13(15)7-8-19-16(14)20-12-4-1-3-11(9-12)10-18/h1-9H,10H2,(H,19,20). The summed E-state index contributed by atoms with van der Waals surface area (Å²) in [5, 5.41) is 5.58. The third-order valence-electron chi connectivity index (χ3n) is 3.10. The molecule has 0 amide bonds. The molecular weight excluding hydrogens is 336 g/mol. The Balaban J connectivity index is 2.04. The fraction of sp³-hybridized carbons (Fsp3) is 0.0625. The molecule has 4 heteroatoms. The van der Waals surface area contributed by atoms with Gasteiger partial charge in [-0.15, -0.1) is 11.6 Å². The van der Waals surface area contributed by atoms with Gasteiger partial charge in [0.25, 0.3) is 0 Å². The monoisotopic (exact) mass is 346 g/mol. The molecule has 0 bridgehead atoms. The highest BCUT2D eigenvalue weighted by Gasteiger charge is 2.05. The lowest BCUT2D eigenvalue weighted by Crippen LogP contribution is -1.95. The van der Waals surface area contributed by atoms with Crippen molar-refractivity contribution in [3.05, 3.63) is 64.8 Å². The highest BCUT2D eigenvalue weighted by Crippen LogP contribution is 2.29. The molecule has 0 aliphatic rings. The summed E-state index contributed by atoms with van der Waals surface area (Å²) in [5.41, 5.74) is 2.07. The normalized spacial score (nSPS) is 10.7. The molecule has 0 atom stereocenters. The van der Waals surface area contributed by atoms with Gasteiger partial charge in [-0.25, -0.2) is 4.98 Å². The van der Waals surface area contributed by atoms with Crippen molar-refractivity contribution in [1.29, 1.82) is 0 Å². The SMILES string of the molecule is ClCc1cccc(Nc2nccc3c(Br)cccc23)c1. The van der Waals surface area contributed by atoms with Gasteiger partial charge in [0.1, 0.15) is 5.82 Å². The summed E-state index contributed by atoms with van der Waals surface area (Å²) in [6, 6.07) is 16.1. The summed E-state index contributed by atoms with van der Waals surface area (Å²) in [6.45, 7) is 0. The topological polar surface area (TPSA) is 24.9 Å². The quantitative estimate of drug-likeness (QED) is 0.635. The summed E-state index contributed by atoms with van der Waals surface area (Å²) in [6.07, 6.45) is 1.81. The van der Waals surface area contributed by atoms with Crippen LogP contribution in [0.3, 0.4) is 0 Å². The van der Waals surface area contributed by atoms with Gasteiger partial charge in [0.05, 0.1) is 0 Å². The minimum atomic E-state index is 0.504. The van der Waals surface area contributed by atoms with Crippen LogP contribution < -0.4 is 5.32 Å². The predicted octanol–water partition coefficient (Wildman–Crippen LogP) is 5.48. The lowest BCUT2D eigenvalue weighted by Gasteiger charge is -2.10. The molecule has 1 aromatic heterocycles. The molecule has 0 saturated heterocycles. The third kappa shape index (κ3) is 2.65. The molecule has 2 aromatic carbocycles. The Morgan fingerprint density at radius 3 is 2.75 bits per heavy atom. The van der Waals surface area contributed by atoms with Gasteiger partial charge >= 0.3 is 0 Å². The van der Waals surface area contributed by atoms with Gasteiger partial charge in [-0.1, -0.05) is 40.2 Å². The molecule has 0 saturated carbocycles. The molecule has 2 nitrogen and oxygen atoms in total. The first-order valence-corrected chi connectivity index (χ1v) is 7.56. The van der Waals surface area contributed by atoms with E-state index in [1.165, 1.54) is 0 Å². The lowest BCUT2D eigenvalue weighted by molar-refractivity contribution is 1.32. The van der Waals surface area contributed by atoms with Crippen LogP contribution in [0.15, 0.2) is 59.2 Å². The number of benzene rings is 2. The largest absolute Gasteiger partial charge is 0.340 e. The van der Waals surface area contributed by atoms with Gasteiger partial charge in [-0.05, 0) is 29.8 Å². The van der Waals surface area contributed by atoms with E-state index < -0.39 is 0 Å². The number of hydrogen-bond donors (Lipinski definition) is 1. The van der Waals surface area contributed by atoms with Crippen molar-refractivity contribution in [2.45, 2.75) is 5.88 Å². The fourth-order valence-corrected chi connectivity index (χ4v) is 2.80. The number of hydrogen-bond acceptors (Lipinski definition) is 2. The maximum Gasteiger partial charge on any atom is 0.138 e. The van der Waals surface area contributed by atoms with E-state index in [-0.39, 0.29) is 0 Å². The van der Waals surface area contributed by atoms with Gasteiger partial charge in [-0.3, -0.25) is 0 Å². The molecule has 0 radical (unpaired) electrons. The fourth-order valence-electron chi connectivity index (χ4n) is 2.14. The molecule has 20 heavy (non-hydrogen) atoms. The number of aromatic nitrogens is 1. The van der Waals surface area contributed by atoms with E-state index in [0.717, 1.165) is 32.3 Å². The molecule has 0 aliphatic carbocycles. The number of halogens is 2. The molecular formula is C16H12BrClN2. The van der Waals surface area contributed by atoms with Crippen LogP contribution in [0.1, 0.15) is 5.56 Å². The Morgan fingerprint density at radius 1 is 1.05 bits per heavy atom. The van der Waals surface area contributed by atoms with E-state index in [4.69, 9.17) is 11.6 Å². The van der Waals surface area contributed by atoms with Crippen LogP contribution in [-0.2, 0) is 5.88 Å². The lowest BCUT2D eigenvalue weighted by atomic mass is 10.1. The number of fused-ring (bicyclic) bond motifs is 1. The third-order valence-corrected chi connectivity index (χ3v) is 4.10. The summed E-state index contributed by atoms with van der Waals surface area (Å²) >= 11 is 9.43. The average Bonchev–Trinajstić information content (AvgIpc) is 2.49. The Bertz CT molecular complexity index is 758. The first-order chi connectivity index (χ1) is 9.78. The Morgan fingerprint density at radius 2 is 1.90 bits per heavy atom. The smallest absolute Gasteiger partial charge is 0.138 e. The highest BCUT2D eigenvalue weighted by molar-refractivity contribution is 9.10. The van der Waals surface area contributed by atoms with E-state index in [1.807, 2.05) is 42.5 Å².